The molecule has 28 heavy (non-hydrogen) atoms. The van der Waals surface area contributed by atoms with Crippen molar-refractivity contribution in [2.24, 2.45) is 5.41 Å². The summed E-state index contributed by atoms with van der Waals surface area (Å²) in [4.78, 5) is 10.6. The summed E-state index contributed by atoms with van der Waals surface area (Å²) in [5, 5.41) is 8.72. The van der Waals surface area contributed by atoms with E-state index in [1.807, 2.05) is 6.08 Å². The molecule has 0 heterocycles. The molecule has 0 aliphatic heterocycles. The molecule has 0 saturated carbocycles. The molecular formula is C26H32O2. The second-order valence-corrected chi connectivity index (χ2v) is 8.24. The van der Waals surface area contributed by atoms with E-state index < -0.39 is 5.97 Å². The lowest BCUT2D eigenvalue weighted by molar-refractivity contribution is -0.131. The summed E-state index contributed by atoms with van der Waals surface area (Å²) in [5.41, 5.74) is 7.96. The van der Waals surface area contributed by atoms with E-state index >= 15 is 0 Å². The molecule has 0 amide bonds. The van der Waals surface area contributed by atoms with Crippen LogP contribution in [0.15, 0.2) is 71.9 Å². The van der Waals surface area contributed by atoms with E-state index in [0.29, 0.717) is 0 Å². The lowest BCUT2D eigenvalue weighted by Crippen LogP contribution is -2.19. The smallest absolute Gasteiger partial charge is 0.328 e. The van der Waals surface area contributed by atoms with Crippen LogP contribution in [0.2, 0.25) is 0 Å². The molecule has 2 rings (SSSR count). The average Bonchev–Trinajstić information content (AvgIpc) is 2.59. The highest BCUT2D eigenvalue weighted by Gasteiger charge is 2.26. The van der Waals surface area contributed by atoms with E-state index in [9.17, 15) is 4.79 Å². The van der Waals surface area contributed by atoms with Gasteiger partial charge in [0.05, 0.1) is 0 Å². The number of aliphatic carboxylic acids is 1. The molecule has 2 nitrogen and oxygen atoms in total. The Hall–Kier alpha value is -2.61. The fraction of sp³-hybridized carbons (Fsp3) is 0.346. The number of carboxylic acids is 1. The van der Waals surface area contributed by atoms with Gasteiger partial charge in [-0.15, -0.1) is 0 Å². The fourth-order valence-electron chi connectivity index (χ4n) is 4.04. The number of hydrogen-bond acceptors (Lipinski definition) is 1. The maximum absolute atomic E-state index is 10.6. The van der Waals surface area contributed by atoms with Crippen molar-refractivity contribution in [3.05, 3.63) is 88.6 Å². The highest BCUT2D eigenvalue weighted by molar-refractivity contribution is 5.81. The zero-order valence-electron chi connectivity index (χ0n) is 17.8. The fourth-order valence-corrected chi connectivity index (χ4v) is 4.04. The largest absolute Gasteiger partial charge is 0.478 e. The summed E-state index contributed by atoms with van der Waals surface area (Å²) < 4.78 is 0. The molecule has 0 unspecified atom stereocenters. The first-order chi connectivity index (χ1) is 13.2. The first-order valence-electron chi connectivity index (χ1n) is 9.95. The number of aryl methyl sites for hydroxylation is 2. The van der Waals surface area contributed by atoms with Crippen molar-refractivity contribution in [2.75, 3.05) is 0 Å². The Morgan fingerprint density at radius 1 is 1.04 bits per heavy atom. The minimum atomic E-state index is -0.939. The van der Waals surface area contributed by atoms with E-state index in [1.54, 1.807) is 12.2 Å². The quantitative estimate of drug-likeness (QED) is 0.430. The molecule has 1 aromatic rings. The number of benzene rings is 1. The Bertz CT molecular complexity index is 853. The van der Waals surface area contributed by atoms with Crippen molar-refractivity contribution >= 4 is 11.5 Å². The van der Waals surface area contributed by atoms with Crippen molar-refractivity contribution in [2.45, 2.75) is 53.9 Å². The summed E-state index contributed by atoms with van der Waals surface area (Å²) in [6, 6.07) is 6.35. The van der Waals surface area contributed by atoms with Gasteiger partial charge in [0.1, 0.15) is 0 Å². The van der Waals surface area contributed by atoms with E-state index in [0.717, 1.165) is 11.6 Å². The molecule has 1 aliphatic rings. The van der Waals surface area contributed by atoms with Crippen LogP contribution in [0.25, 0.3) is 5.57 Å². The van der Waals surface area contributed by atoms with Crippen molar-refractivity contribution < 1.29 is 9.90 Å². The number of hydrogen-bond donors (Lipinski definition) is 1. The molecule has 0 radical (unpaired) electrons. The second kappa shape index (κ2) is 9.54. The zero-order chi connectivity index (χ0) is 20.7. The third kappa shape index (κ3) is 5.69. The summed E-state index contributed by atoms with van der Waals surface area (Å²) in [6.45, 7) is 11.2. The molecular weight excluding hydrogens is 344 g/mol. The van der Waals surface area contributed by atoms with Crippen LogP contribution in [0, 0.1) is 19.3 Å². The number of rotatable bonds is 6. The van der Waals surface area contributed by atoms with Crippen LogP contribution in [0.1, 0.15) is 56.7 Å². The molecule has 0 fully saturated rings. The Labute approximate surface area is 169 Å². The van der Waals surface area contributed by atoms with Gasteiger partial charge >= 0.3 is 5.97 Å². The summed E-state index contributed by atoms with van der Waals surface area (Å²) in [6.07, 6.45) is 16.5. The zero-order valence-corrected chi connectivity index (χ0v) is 17.8. The monoisotopic (exact) mass is 376 g/mol. The molecule has 1 aliphatic carbocycles. The number of carbonyl (C=O) groups is 1. The van der Waals surface area contributed by atoms with Gasteiger partial charge in [0, 0.05) is 6.08 Å². The van der Waals surface area contributed by atoms with Gasteiger partial charge in [-0.05, 0) is 73.3 Å². The van der Waals surface area contributed by atoms with Crippen molar-refractivity contribution in [1.29, 1.82) is 0 Å². The molecule has 0 spiro atoms. The summed E-state index contributed by atoms with van der Waals surface area (Å²) in [5.74, 6) is -0.939. The molecule has 0 saturated heterocycles. The highest BCUT2D eigenvalue weighted by Crippen LogP contribution is 2.41. The molecule has 0 bridgehead atoms. The average molecular weight is 377 g/mol. The lowest BCUT2D eigenvalue weighted by atomic mass is 9.72. The number of allylic oxidation sites excluding steroid dienone is 9. The van der Waals surface area contributed by atoms with Crippen LogP contribution in [0.4, 0.5) is 0 Å². The van der Waals surface area contributed by atoms with E-state index in [4.69, 9.17) is 5.11 Å². The van der Waals surface area contributed by atoms with Crippen LogP contribution in [0.3, 0.4) is 0 Å². The molecule has 148 valence electrons. The maximum Gasteiger partial charge on any atom is 0.328 e. The van der Waals surface area contributed by atoms with E-state index in [2.05, 4.69) is 71.0 Å². The lowest BCUT2D eigenvalue weighted by Gasteiger charge is -2.33. The van der Waals surface area contributed by atoms with Crippen LogP contribution in [-0.4, -0.2) is 11.1 Å². The molecule has 2 heteroatoms. The minimum Gasteiger partial charge on any atom is -0.478 e. The molecule has 0 aromatic heterocycles. The first-order valence-corrected chi connectivity index (χ1v) is 9.95. The molecule has 0 atom stereocenters. The first kappa shape index (κ1) is 21.7. The number of carboxylic acid groups (broad SMARTS) is 1. The third-order valence-electron chi connectivity index (χ3n) is 5.48. The molecule has 1 N–H and O–H groups in total. The van der Waals surface area contributed by atoms with Crippen LogP contribution in [0.5, 0.6) is 0 Å². The maximum atomic E-state index is 10.6. The van der Waals surface area contributed by atoms with Gasteiger partial charge < -0.3 is 5.11 Å². The predicted octanol–water partition coefficient (Wildman–Crippen LogP) is 6.97. The van der Waals surface area contributed by atoms with E-state index in [-0.39, 0.29) is 5.41 Å². The normalized spacial score (nSPS) is 18.0. The second-order valence-electron chi connectivity index (χ2n) is 8.24. The van der Waals surface area contributed by atoms with Crippen LogP contribution >= 0.6 is 0 Å². The topological polar surface area (TPSA) is 37.3 Å². The van der Waals surface area contributed by atoms with Gasteiger partial charge in [-0.3, -0.25) is 0 Å². The standard InChI is InChI=1S/C26H32O2/c1-19-13-10-18-26(4,5)23(19)17-16-22(14-7-6-8-15-24(27)28)25-20(2)11-9-12-21(25)3/h6-9,11-12,14-17H,10,13,18H2,1-5H3,(H,27,28)/b7-6+,15-8+,17-16+,22-14-. The van der Waals surface area contributed by atoms with Crippen LogP contribution in [-0.2, 0) is 4.79 Å². The van der Waals surface area contributed by atoms with Gasteiger partial charge in [0.2, 0.25) is 0 Å². The predicted molar refractivity (Wildman–Crippen MR) is 119 cm³/mol. The highest BCUT2D eigenvalue weighted by atomic mass is 16.4. The van der Waals surface area contributed by atoms with Crippen molar-refractivity contribution in [1.82, 2.24) is 0 Å². The van der Waals surface area contributed by atoms with E-state index in [1.165, 1.54) is 47.1 Å². The van der Waals surface area contributed by atoms with Gasteiger partial charge in [-0.1, -0.05) is 74.1 Å². The SMILES string of the molecule is CC1=C(/C=C/C(=C/C=C/C=C/C(=O)O)c2c(C)cccc2C)C(C)(C)CCC1. The molecule has 1 aromatic carbocycles. The minimum absolute atomic E-state index is 0.199. The summed E-state index contributed by atoms with van der Waals surface area (Å²) >= 11 is 0. The van der Waals surface area contributed by atoms with Crippen molar-refractivity contribution in [3.63, 3.8) is 0 Å². The van der Waals surface area contributed by atoms with Gasteiger partial charge in [-0.2, -0.15) is 0 Å². The third-order valence-corrected chi connectivity index (χ3v) is 5.48. The summed E-state index contributed by atoms with van der Waals surface area (Å²) in [7, 11) is 0. The van der Waals surface area contributed by atoms with Gasteiger partial charge in [0.25, 0.3) is 0 Å². The van der Waals surface area contributed by atoms with Crippen LogP contribution < -0.4 is 0 Å². The van der Waals surface area contributed by atoms with Gasteiger partial charge in [-0.25, -0.2) is 4.79 Å². The van der Waals surface area contributed by atoms with Gasteiger partial charge in [0.15, 0.2) is 0 Å². The Balaban J connectivity index is 2.46. The Morgan fingerprint density at radius 3 is 2.32 bits per heavy atom. The van der Waals surface area contributed by atoms with Crippen molar-refractivity contribution in [3.8, 4) is 0 Å². The Morgan fingerprint density at radius 2 is 1.71 bits per heavy atom. The Kier molecular flexibility index (Phi) is 7.39.